The zero-order chi connectivity index (χ0) is 18.4. The first kappa shape index (κ1) is 18.5. The van der Waals surface area contributed by atoms with Crippen LogP contribution in [0, 0.1) is 0 Å². The summed E-state index contributed by atoms with van der Waals surface area (Å²) >= 11 is 0. The molecule has 1 aromatic carbocycles. The Balaban J connectivity index is 1.35. The van der Waals surface area contributed by atoms with Crippen LogP contribution >= 0.6 is 0 Å². The van der Waals surface area contributed by atoms with Crippen LogP contribution in [-0.2, 0) is 9.59 Å². The van der Waals surface area contributed by atoms with Crippen LogP contribution in [0.1, 0.15) is 38.5 Å². The van der Waals surface area contributed by atoms with Gasteiger partial charge in [0.1, 0.15) is 17.6 Å². The van der Waals surface area contributed by atoms with Gasteiger partial charge in [-0.3, -0.25) is 9.59 Å². The second kappa shape index (κ2) is 8.92. The minimum absolute atomic E-state index is 0.148. The molecule has 2 aliphatic rings. The number of methoxy groups -OCH3 is 1. The van der Waals surface area contributed by atoms with Gasteiger partial charge in [0, 0.05) is 51.9 Å². The van der Waals surface area contributed by atoms with E-state index in [9.17, 15) is 9.59 Å². The minimum Gasteiger partial charge on any atom is -0.497 e. The van der Waals surface area contributed by atoms with Crippen LogP contribution < -0.4 is 9.47 Å². The Morgan fingerprint density at radius 1 is 1.12 bits per heavy atom. The van der Waals surface area contributed by atoms with Crippen LogP contribution in [0.5, 0.6) is 11.5 Å². The lowest BCUT2D eigenvalue weighted by Gasteiger charge is -2.32. The highest BCUT2D eigenvalue weighted by molar-refractivity contribution is 5.78. The summed E-state index contributed by atoms with van der Waals surface area (Å²) in [5.74, 6) is 2.08. The van der Waals surface area contributed by atoms with E-state index < -0.39 is 0 Å². The van der Waals surface area contributed by atoms with Gasteiger partial charge in [-0.15, -0.1) is 0 Å². The van der Waals surface area contributed by atoms with Crippen molar-refractivity contribution in [3.63, 3.8) is 0 Å². The van der Waals surface area contributed by atoms with Crippen molar-refractivity contribution in [2.45, 2.75) is 44.6 Å². The van der Waals surface area contributed by atoms with Gasteiger partial charge >= 0.3 is 0 Å². The second-order valence-corrected chi connectivity index (χ2v) is 6.96. The molecule has 1 aromatic rings. The van der Waals surface area contributed by atoms with Gasteiger partial charge in [-0.05, 0) is 37.1 Å². The number of carbonyl (C=O) groups is 2. The van der Waals surface area contributed by atoms with E-state index in [2.05, 4.69) is 0 Å². The van der Waals surface area contributed by atoms with Crippen molar-refractivity contribution in [3.05, 3.63) is 24.3 Å². The Labute approximate surface area is 155 Å². The van der Waals surface area contributed by atoms with E-state index in [4.69, 9.17) is 9.47 Å². The van der Waals surface area contributed by atoms with E-state index in [1.165, 1.54) is 0 Å². The van der Waals surface area contributed by atoms with Crippen molar-refractivity contribution in [3.8, 4) is 11.5 Å². The third-order valence-corrected chi connectivity index (χ3v) is 5.15. The van der Waals surface area contributed by atoms with Crippen LogP contribution in [0.4, 0.5) is 0 Å². The molecule has 2 aliphatic heterocycles. The lowest BCUT2D eigenvalue weighted by molar-refractivity contribution is -0.134. The van der Waals surface area contributed by atoms with Gasteiger partial charge in [0.2, 0.25) is 11.8 Å². The van der Waals surface area contributed by atoms with Crippen LogP contribution in [-0.4, -0.2) is 61.0 Å². The topological polar surface area (TPSA) is 59.1 Å². The standard InChI is InChI=1S/C20H28N2O4/c1-25-16-6-8-17(9-7-16)26-18-10-14-22(15-11-18)20(24)5-3-13-21-12-2-4-19(21)23/h6-9,18H,2-5,10-15H2,1H3. The number of piperidine rings is 1. The summed E-state index contributed by atoms with van der Waals surface area (Å²) in [6.07, 6.45) is 4.74. The second-order valence-electron chi connectivity index (χ2n) is 6.96. The lowest BCUT2D eigenvalue weighted by atomic mass is 10.1. The van der Waals surface area contributed by atoms with Gasteiger partial charge in [0.25, 0.3) is 0 Å². The summed E-state index contributed by atoms with van der Waals surface area (Å²) in [5.41, 5.74) is 0. The molecule has 0 spiro atoms. The number of ether oxygens (including phenoxy) is 2. The van der Waals surface area contributed by atoms with Gasteiger partial charge in [-0.25, -0.2) is 0 Å². The van der Waals surface area contributed by atoms with Crippen LogP contribution in [0.2, 0.25) is 0 Å². The van der Waals surface area contributed by atoms with E-state index in [0.29, 0.717) is 19.4 Å². The highest BCUT2D eigenvalue weighted by atomic mass is 16.5. The van der Waals surface area contributed by atoms with Gasteiger partial charge in [-0.2, -0.15) is 0 Å². The molecule has 0 N–H and O–H groups in total. The molecule has 2 amide bonds. The predicted molar refractivity (Wildman–Crippen MR) is 98.3 cm³/mol. The molecular formula is C20H28N2O4. The minimum atomic E-state index is 0.148. The summed E-state index contributed by atoms with van der Waals surface area (Å²) < 4.78 is 11.2. The average Bonchev–Trinajstić information content (AvgIpc) is 3.08. The Morgan fingerprint density at radius 2 is 1.81 bits per heavy atom. The number of hydrogen-bond acceptors (Lipinski definition) is 4. The molecule has 6 nitrogen and oxygen atoms in total. The summed E-state index contributed by atoms with van der Waals surface area (Å²) in [7, 11) is 1.64. The first-order chi connectivity index (χ1) is 12.7. The Morgan fingerprint density at radius 3 is 2.42 bits per heavy atom. The molecule has 0 bridgehead atoms. The van der Waals surface area contributed by atoms with Crippen molar-refractivity contribution >= 4 is 11.8 Å². The van der Waals surface area contributed by atoms with E-state index in [0.717, 1.165) is 56.8 Å². The van der Waals surface area contributed by atoms with E-state index in [1.807, 2.05) is 34.1 Å². The number of amides is 2. The molecule has 0 radical (unpaired) electrons. The summed E-state index contributed by atoms with van der Waals surface area (Å²) in [5, 5.41) is 0. The molecule has 26 heavy (non-hydrogen) atoms. The molecule has 2 saturated heterocycles. The Kier molecular flexibility index (Phi) is 6.36. The molecule has 0 aromatic heterocycles. The Hall–Kier alpha value is -2.24. The number of benzene rings is 1. The van der Waals surface area contributed by atoms with Crippen molar-refractivity contribution in [1.82, 2.24) is 9.80 Å². The number of likely N-dealkylation sites (tertiary alicyclic amines) is 2. The average molecular weight is 360 g/mol. The predicted octanol–water partition coefficient (Wildman–Crippen LogP) is 2.47. The molecule has 6 heteroatoms. The fourth-order valence-electron chi connectivity index (χ4n) is 3.59. The summed E-state index contributed by atoms with van der Waals surface area (Å²) in [6, 6.07) is 7.60. The highest BCUT2D eigenvalue weighted by Gasteiger charge is 2.24. The first-order valence-corrected chi connectivity index (χ1v) is 9.52. The summed E-state index contributed by atoms with van der Waals surface area (Å²) in [6.45, 7) is 3.04. The molecular weight excluding hydrogens is 332 g/mol. The first-order valence-electron chi connectivity index (χ1n) is 9.52. The maximum atomic E-state index is 12.4. The van der Waals surface area contributed by atoms with E-state index in [1.54, 1.807) is 7.11 Å². The molecule has 142 valence electrons. The lowest BCUT2D eigenvalue weighted by Crippen LogP contribution is -2.42. The van der Waals surface area contributed by atoms with E-state index in [-0.39, 0.29) is 17.9 Å². The monoisotopic (exact) mass is 360 g/mol. The molecule has 0 aliphatic carbocycles. The normalized spacial score (nSPS) is 18.3. The van der Waals surface area contributed by atoms with Gasteiger partial charge in [-0.1, -0.05) is 0 Å². The molecule has 0 atom stereocenters. The zero-order valence-corrected chi connectivity index (χ0v) is 15.5. The van der Waals surface area contributed by atoms with Gasteiger partial charge in [0.15, 0.2) is 0 Å². The Bertz CT molecular complexity index is 609. The van der Waals surface area contributed by atoms with Crippen molar-refractivity contribution in [2.75, 3.05) is 33.3 Å². The number of nitrogens with zero attached hydrogens (tertiary/aromatic N) is 2. The fourth-order valence-corrected chi connectivity index (χ4v) is 3.59. The maximum absolute atomic E-state index is 12.4. The third-order valence-electron chi connectivity index (χ3n) is 5.15. The molecule has 3 rings (SSSR count). The van der Waals surface area contributed by atoms with Crippen LogP contribution in [0.25, 0.3) is 0 Å². The largest absolute Gasteiger partial charge is 0.497 e. The third kappa shape index (κ3) is 4.90. The fraction of sp³-hybridized carbons (Fsp3) is 0.600. The van der Waals surface area contributed by atoms with Gasteiger partial charge < -0.3 is 19.3 Å². The highest BCUT2D eigenvalue weighted by Crippen LogP contribution is 2.22. The van der Waals surface area contributed by atoms with Crippen molar-refractivity contribution in [1.29, 1.82) is 0 Å². The van der Waals surface area contributed by atoms with Crippen molar-refractivity contribution in [2.24, 2.45) is 0 Å². The number of rotatable bonds is 7. The van der Waals surface area contributed by atoms with E-state index >= 15 is 0 Å². The van der Waals surface area contributed by atoms with Gasteiger partial charge in [0.05, 0.1) is 7.11 Å². The summed E-state index contributed by atoms with van der Waals surface area (Å²) in [4.78, 5) is 27.7. The van der Waals surface area contributed by atoms with Crippen LogP contribution in [0.15, 0.2) is 24.3 Å². The van der Waals surface area contributed by atoms with Crippen molar-refractivity contribution < 1.29 is 19.1 Å². The molecule has 2 fully saturated rings. The maximum Gasteiger partial charge on any atom is 0.222 e. The number of carbonyl (C=O) groups excluding carboxylic acids is 2. The SMILES string of the molecule is COc1ccc(OC2CCN(C(=O)CCCN3CCCC3=O)CC2)cc1. The molecule has 2 heterocycles. The smallest absolute Gasteiger partial charge is 0.222 e. The number of hydrogen-bond donors (Lipinski definition) is 0. The molecule has 0 saturated carbocycles. The molecule has 0 unspecified atom stereocenters. The quantitative estimate of drug-likeness (QED) is 0.749. The zero-order valence-electron chi connectivity index (χ0n) is 15.5. The van der Waals surface area contributed by atoms with Crippen LogP contribution in [0.3, 0.4) is 0 Å².